The summed E-state index contributed by atoms with van der Waals surface area (Å²) in [4.78, 5) is 12.1. The van der Waals surface area contributed by atoms with Gasteiger partial charge in [0.1, 0.15) is 0 Å². The van der Waals surface area contributed by atoms with Gasteiger partial charge in [0.15, 0.2) is 0 Å². The Morgan fingerprint density at radius 2 is 1.95 bits per heavy atom. The van der Waals surface area contributed by atoms with E-state index >= 15 is 0 Å². The largest absolute Gasteiger partial charge is 0.353 e. The topological polar surface area (TPSA) is 29.1 Å². The van der Waals surface area contributed by atoms with Gasteiger partial charge in [-0.05, 0) is 37.2 Å². The van der Waals surface area contributed by atoms with E-state index in [1.165, 1.54) is 5.56 Å². The van der Waals surface area contributed by atoms with Gasteiger partial charge in [-0.1, -0.05) is 50.6 Å². The fraction of sp³-hybridized carbons (Fsp3) is 0.588. The standard InChI is InChI=1S/C17H25NO/c1-3-8-13(4-2)17(19)18-16-11-15(12-16)14-9-6-5-7-10-14/h5-7,9-10,13,15-16H,3-4,8,11-12H2,1-2H3,(H,18,19). The van der Waals surface area contributed by atoms with Crippen LogP contribution in [0.1, 0.15) is 57.4 Å². The number of rotatable bonds is 6. The summed E-state index contributed by atoms with van der Waals surface area (Å²) in [6.45, 7) is 4.25. The Morgan fingerprint density at radius 3 is 2.53 bits per heavy atom. The Hall–Kier alpha value is -1.31. The van der Waals surface area contributed by atoms with Crippen LogP contribution in [-0.4, -0.2) is 11.9 Å². The molecule has 1 atom stereocenters. The van der Waals surface area contributed by atoms with Gasteiger partial charge in [0.05, 0.1) is 0 Å². The molecule has 1 N–H and O–H groups in total. The predicted octanol–water partition coefficient (Wildman–Crippen LogP) is 3.88. The lowest BCUT2D eigenvalue weighted by molar-refractivity contribution is -0.126. The fourth-order valence-electron chi connectivity index (χ4n) is 2.92. The molecule has 1 aliphatic rings. The van der Waals surface area contributed by atoms with E-state index in [1.807, 2.05) is 0 Å². The number of nitrogens with one attached hydrogen (secondary N) is 1. The summed E-state index contributed by atoms with van der Waals surface area (Å²) >= 11 is 0. The monoisotopic (exact) mass is 259 g/mol. The molecular weight excluding hydrogens is 234 g/mol. The molecule has 0 aromatic heterocycles. The molecule has 104 valence electrons. The van der Waals surface area contributed by atoms with Gasteiger partial charge in [0.25, 0.3) is 0 Å². The number of benzene rings is 1. The van der Waals surface area contributed by atoms with Crippen LogP contribution in [0.15, 0.2) is 30.3 Å². The molecule has 1 aromatic carbocycles. The molecule has 0 saturated heterocycles. The number of amides is 1. The van der Waals surface area contributed by atoms with Gasteiger partial charge in [-0.25, -0.2) is 0 Å². The molecule has 1 aromatic rings. The van der Waals surface area contributed by atoms with E-state index in [-0.39, 0.29) is 11.8 Å². The minimum absolute atomic E-state index is 0.209. The van der Waals surface area contributed by atoms with E-state index in [0.29, 0.717) is 12.0 Å². The third-order valence-electron chi connectivity index (χ3n) is 4.26. The van der Waals surface area contributed by atoms with Gasteiger partial charge < -0.3 is 5.32 Å². The average Bonchev–Trinajstić information content (AvgIpc) is 2.40. The lowest BCUT2D eigenvalue weighted by Gasteiger charge is -2.37. The molecule has 19 heavy (non-hydrogen) atoms. The highest BCUT2D eigenvalue weighted by Gasteiger charge is 2.32. The zero-order valence-corrected chi connectivity index (χ0v) is 12.1. The molecule has 1 aliphatic carbocycles. The highest BCUT2D eigenvalue weighted by molar-refractivity contribution is 5.79. The van der Waals surface area contributed by atoms with Gasteiger partial charge in [-0.2, -0.15) is 0 Å². The molecule has 1 saturated carbocycles. The van der Waals surface area contributed by atoms with Crippen molar-refractivity contribution in [3.05, 3.63) is 35.9 Å². The van der Waals surface area contributed by atoms with Crippen molar-refractivity contribution in [2.24, 2.45) is 5.92 Å². The first-order chi connectivity index (χ1) is 9.24. The van der Waals surface area contributed by atoms with E-state index < -0.39 is 0 Å². The number of carbonyl (C=O) groups is 1. The molecule has 0 spiro atoms. The van der Waals surface area contributed by atoms with Crippen molar-refractivity contribution >= 4 is 5.91 Å². The number of hydrogen-bond acceptors (Lipinski definition) is 1. The molecule has 0 bridgehead atoms. The summed E-state index contributed by atoms with van der Waals surface area (Å²) in [5.74, 6) is 1.11. The third-order valence-corrected chi connectivity index (χ3v) is 4.26. The second kappa shape index (κ2) is 6.74. The smallest absolute Gasteiger partial charge is 0.223 e. The highest BCUT2D eigenvalue weighted by Crippen LogP contribution is 2.36. The summed E-state index contributed by atoms with van der Waals surface area (Å²) in [5, 5.41) is 3.21. The Balaban J connectivity index is 1.77. The van der Waals surface area contributed by atoms with Crippen LogP contribution < -0.4 is 5.32 Å². The molecular formula is C17H25NO. The molecule has 0 heterocycles. The minimum atomic E-state index is 0.209. The molecule has 0 radical (unpaired) electrons. The first-order valence-electron chi connectivity index (χ1n) is 7.59. The first-order valence-corrected chi connectivity index (χ1v) is 7.59. The summed E-state index contributed by atoms with van der Waals surface area (Å²) in [7, 11) is 0. The van der Waals surface area contributed by atoms with Crippen molar-refractivity contribution in [3.63, 3.8) is 0 Å². The Kier molecular flexibility index (Phi) is 5.00. The Labute approximate surface area is 116 Å². The van der Waals surface area contributed by atoms with Crippen LogP contribution in [-0.2, 0) is 4.79 Å². The first kappa shape index (κ1) is 14.1. The van der Waals surface area contributed by atoms with E-state index in [0.717, 1.165) is 32.1 Å². The van der Waals surface area contributed by atoms with E-state index in [1.54, 1.807) is 0 Å². The Bertz CT molecular complexity index is 395. The van der Waals surface area contributed by atoms with Gasteiger partial charge in [-0.3, -0.25) is 4.79 Å². The van der Waals surface area contributed by atoms with Crippen LogP contribution in [0.4, 0.5) is 0 Å². The zero-order valence-electron chi connectivity index (χ0n) is 12.1. The third kappa shape index (κ3) is 3.59. The maximum absolute atomic E-state index is 12.1. The molecule has 2 heteroatoms. The highest BCUT2D eigenvalue weighted by atomic mass is 16.1. The summed E-state index contributed by atoms with van der Waals surface area (Å²) in [6, 6.07) is 11.0. The van der Waals surface area contributed by atoms with Crippen LogP contribution in [0.5, 0.6) is 0 Å². The van der Waals surface area contributed by atoms with Gasteiger partial charge in [-0.15, -0.1) is 0 Å². The molecule has 1 unspecified atom stereocenters. The lowest BCUT2D eigenvalue weighted by Crippen LogP contribution is -2.45. The van der Waals surface area contributed by atoms with Gasteiger partial charge in [0.2, 0.25) is 5.91 Å². The molecule has 2 nitrogen and oxygen atoms in total. The van der Waals surface area contributed by atoms with Crippen LogP contribution in [0.25, 0.3) is 0 Å². The van der Waals surface area contributed by atoms with E-state index in [9.17, 15) is 4.79 Å². The second-order valence-electron chi connectivity index (χ2n) is 5.68. The van der Waals surface area contributed by atoms with Crippen molar-refractivity contribution in [2.75, 3.05) is 0 Å². The lowest BCUT2D eigenvalue weighted by atomic mass is 9.75. The van der Waals surface area contributed by atoms with E-state index in [2.05, 4.69) is 49.5 Å². The van der Waals surface area contributed by atoms with Crippen LogP contribution in [0, 0.1) is 5.92 Å². The number of hydrogen-bond donors (Lipinski definition) is 1. The molecule has 1 amide bonds. The van der Waals surface area contributed by atoms with Gasteiger partial charge in [0, 0.05) is 12.0 Å². The minimum Gasteiger partial charge on any atom is -0.353 e. The van der Waals surface area contributed by atoms with Crippen molar-refractivity contribution < 1.29 is 4.79 Å². The molecule has 0 aliphatic heterocycles. The van der Waals surface area contributed by atoms with Crippen LogP contribution in [0.2, 0.25) is 0 Å². The van der Waals surface area contributed by atoms with Crippen molar-refractivity contribution in [1.82, 2.24) is 5.32 Å². The van der Waals surface area contributed by atoms with Crippen molar-refractivity contribution in [1.29, 1.82) is 0 Å². The van der Waals surface area contributed by atoms with Crippen LogP contribution in [0.3, 0.4) is 0 Å². The zero-order chi connectivity index (χ0) is 13.7. The summed E-state index contributed by atoms with van der Waals surface area (Å²) < 4.78 is 0. The number of carbonyl (C=O) groups excluding carboxylic acids is 1. The van der Waals surface area contributed by atoms with Crippen LogP contribution >= 0.6 is 0 Å². The Morgan fingerprint density at radius 1 is 1.26 bits per heavy atom. The fourth-order valence-corrected chi connectivity index (χ4v) is 2.92. The maximum atomic E-state index is 12.1. The van der Waals surface area contributed by atoms with Crippen molar-refractivity contribution in [2.45, 2.75) is 57.9 Å². The van der Waals surface area contributed by atoms with Gasteiger partial charge >= 0.3 is 0 Å². The molecule has 1 fully saturated rings. The molecule has 2 rings (SSSR count). The quantitative estimate of drug-likeness (QED) is 0.825. The average molecular weight is 259 g/mol. The predicted molar refractivity (Wildman–Crippen MR) is 79.0 cm³/mol. The van der Waals surface area contributed by atoms with E-state index in [4.69, 9.17) is 0 Å². The SMILES string of the molecule is CCCC(CC)C(=O)NC1CC(c2ccccc2)C1. The van der Waals surface area contributed by atoms with Crippen molar-refractivity contribution in [3.8, 4) is 0 Å². The normalized spacial score (nSPS) is 23.5. The summed E-state index contributed by atoms with van der Waals surface area (Å²) in [6.07, 6.45) is 5.24. The maximum Gasteiger partial charge on any atom is 0.223 e. The summed E-state index contributed by atoms with van der Waals surface area (Å²) in [5.41, 5.74) is 1.41. The second-order valence-corrected chi connectivity index (χ2v) is 5.68.